The molecule has 0 aliphatic heterocycles. The highest BCUT2D eigenvalue weighted by Crippen LogP contribution is 2.25. The molecule has 3 rings (SSSR count). The number of fused-ring (bicyclic) bond motifs is 1. The summed E-state index contributed by atoms with van der Waals surface area (Å²) in [5, 5.41) is 0. The highest BCUT2D eigenvalue weighted by Gasteiger charge is 2.12. The Balaban J connectivity index is 0.00000161. The summed E-state index contributed by atoms with van der Waals surface area (Å²) in [6.45, 7) is 7.37. The monoisotopic (exact) mass is 394 g/mol. The highest BCUT2D eigenvalue weighted by molar-refractivity contribution is 5.77. The minimum Gasteiger partial charge on any atom is -1.00 e. The largest absolute Gasteiger partial charge is 1.00 e. The zero-order valence-corrected chi connectivity index (χ0v) is 14.7. The fourth-order valence-corrected chi connectivity index (χ4v) is 2.35. The van der Waals surface area contributed by atoms with Crippen LogP contribution in [0.5, 0.6) is 0 Å². The fourth-order valence-electron chi connectivity index (χ4n) is 2.35. The second kappa shape index (κ2) is 6.56. The summed E-state index contributed by atoms with van der Waals surface area (Å²) in [6.07, 6.45) is 5.28. The first kappa shape index (κ1) is 15.9. The third-order valence-electron chi connectivity index (χ3n) is 3.59. The van der Waals surface area contributed by atoms with Crippen molar-refractivity contribution in [1.29, 1.82) is 0 Å². The number of hydrogen-bond donors (Lipinski definition) is 0. The quantitative estimate of drug-likeness (QED) is 0.486. The molecule has 0 aliphatic rings. The van der Waals surface area contributed by atoms with Gasteiger partial charge in [0.2, 0.25) is 5.89 Å². The zero-order valence-electron chi connectivity index (χ0n) is 12.6. The molecule has 0 radical (unpaired) electrons. The molecule has 0 spiro atoms. The van der Waals surface area contributed by atoms with Gasteiger partial charge in [-0.05, 0) is 43.2 Å². The van der Waals surface area contributed by atoms with Crippen molar-refractivity contribution in [2.75, 3.05) is 0 Å². The number of aryl methyl sites for hydroxylation is 3. The summed E-state index contributed by atoms with van der Waals surface area (Å²) in [7, 11) is 0. The smallest absolute Gasteiger partial charge is 0.233 e. The van der Waals surface area contributed by atoms with E-state index in [1.807, 2.05) is 12.1 Å². The van der Waals surface area contributed by atoms with Crippen LogP contribution in [0.4, 0.5) is 0 Å². The Morgan fingerprint density at radius 3 is 2.71 bits per heavy atom. The zero-order chi connectivity index (χ0) is 14.1. The van der Waals surface area contributed by atoms with Crippen molar-refractivity contribution in [3.63, 3.8) is 0 Å². The average Bonchev–Trinajstić information content (AvgIpc) is 2.83. The van der Waals surface area contributed by atoms with Gasteiger partial charge in [0.25, 0.3) is 0 Å². The average molecular weight is 394 g/mol. The van der Waals surface area contributed by atoms with E-state index in [1.165, 1.54) is 11.1 Å². The Morgan fingerprint density at radius 1 is 1.19 bits per heavy atom. The van der Waals surface area contributed by atoms with E-state index in [0.717, 1.165) is 29.6 Å². The van der Waals surface area contributed by atoms with Crippen molar-refractivity contribution < 1.29 is 33.0 Å². The number of rotatable bonds is 3. The number of benzene rings is 1. The van der Waals surface area contributed by atoms with Gasteiger partial charge in [-0.2, -0.15) is 0 Å². The second-order valence-corrected chi connectivity index (χ2v) is 5.25. The predicted molar refractivity (Wildman–Crippen MR) is 79.4 cm³/mol. The SMILES string of the molecule is CCC[n+]1cccc(-c2nc3cc(C)c(C)cc3o2)c1.[I-]. The maximum absolute atomic E-state index is 5.90. The molecule has 3 aromatic rings. The summed E-state index contributed by atoms with van der Waals surface area (Å²) in [5.41, 5.74) is 5.27. The molecule has 0 N–H and O–H groups in total. The van der Waals surface area contributed by atoms with Crippen LogP contribution < -0.4 is 28.5 Å². The molecule has 0 fully saturated rings. The van der Waals surface area contributed by atoms with Crippen molar-refractivity contribution in [1.82, 2.24) is 4.98 Å². The molecule has 0 unspecified atom stereocenters. The number of nitrogens with zero attached hydrogens (tertiary/aromatic N) is 2. The van der Waals surface area contributed by atoms with Gasteiger partial charge in [0.05, 0.1) is 0 Å². The van der Waals surface area contributed by atoms with Crippen LogP contribution in [0.1, 0.15) is 24.5 Å². The van der Waals surface area contributed by atoms with Crippen LogP contribution in [-0.4, -0.2) is 4.98 Å². The molecule has 3 nitrogen and oxygen atoms in total. The molecular formula is C17H19IN2O. The van der Waals surface area contributed by atoms with Gasteiger partial charge >= 0.3 is 0 Å². The molecule has 4 heteroatoms. The lowest BCUT2D eigenvalue weighted by Crippen LogP contribution is -3.00. The van der Waals surface area contributed by atoms with Crippen molar-refractivity contribution in [2.24, 2.45) is 0 Å². The maximum Gasteiger partial charge on any atom is 0.233 e. The van der Waals surface area contributed by atoms with Crippen molar-refractivity contribution in [3.05, 3.63) is 47.8 Å². The molecule has 0 bridgehead atoms. The van der Waals surface area contributed by atoms with Gasteiger partial charge in [-0.25, -0.2) is 9.55 Å². The van der Waals surface area contributed by atoms with Crippen LogP contribution in [-0.2, 0) is 6.54 Å². The first-order chi connectivity index (χ1) is 9.67. The van der Waals surface area contributed by atoms with Gasteiger partial charge in [0.1, 0.15) is 17.6 Å². The van der Waals surface area contributed by atoms with Crippen LogP contribution in [0.25, 0.3) is 22.6 Å². The Bertz CT molecular complexity index is 726. The molecular weight excluding hydrogens is 375 g/mol. The summed E-state index contributed by atoms with van der Waals surface area (Å²) >= 11 is 0. The lowest BCUT2D eigenvalue weighted by molar-refractivity contribution is -0.696. The lowest BCUT2D eigenvalue weighted by atomic mass is 10.1. The number of halogens is 1. The second-order valence-electron chi connectivity index (χ2n) is 5.25. The van der Waals surface area contributed by atoms with E-state index in [0.29, 0.717) is 5.89 Å². The molecule has 0 amide bonds. The van der Waals surface area contributed by atoms with E-state index in [9.17, 15) is 0 Å². The van der Waals surface area contributed by atoms with Gasteiger partial charge in [-0.1, -0.05) is 6.92 Å². The third-order valence-corrected chi connectivity index (χ3v) is 3.59. The highest BCUT2D eigenvalue weighted by atomic mass is 127. The van der Waals surface area contributed by atoms with Crippen molar-refractivity contribution in [3.8, 4) is 11.5 Å². The Labute approximate surface area is 142 Å². The molecule has 0 atom stereocenters. The number of aromatic nitrogens is 2. The maximum atomic E-state index is 5.90. The molecule has 2 aromatic heterocycles. The number of hydrogen-bond acceptors (Lipinski definition) is 2. The normalized spacial score (nSPS) is 10.6. The standard InChI is InChI=1S/C17H19N2O.HI/c1-4-7-19-8-5-6-14(11-19)17-18-15-9-12(2)13(3)10-16(15)20-17;/h5-6,8-11H,4,7H2,1-3H3;1H/q+1;/p-1. The van der Waals surface area contributed by atoms with Crippen LogP contribution >= 0.6 is 0 Å². The van der Waals surface area contributed by atoms with Crippen LogP contribution in [0.2, 0.25) is 0 Å². The fraction of sp³-hybridized carbons (Fsp3) is 0.294. The molecule has 0 saturated carbocycles. The van der Waals surface area contributed by atoms with Gasteiger partial charge in [-0.3, -0.25) is 0 Å². The van der Waals surface area contributed by atoms with Gasteiger partial charge in [0.15, 0.2) is 18.0 Å². The topological polar surface area (TPSA) is 29.9 Å². The first-order valence-electron chi connectivity index (χ1n) is 7.04. The van der Waals surface area contributed by atoms with E-state index in [4.69, 9.17) is 4.42 Å². The van der Waals surface area contributed by atoms with Gasteiger partial charge in [0, 0.05) is 12.5 Å². The summed E-state index contributed by atoms with van der Waals surface area (Å²) in [4.78, 5) is 4.61. The minimum atomic E-state index is 0. The van der Waals surface area contributed by atoms with E-state index < -0.39 is 0 Å². The number of pyridine rings is 1. The van der Waals surface area contributed by atoms with E-state index in [-0.39, 0.29) is 24.0 Å². The third kappa shape index (κ3) is 3.26. The van der Waals surface area contributed by atoms with Crippen molar-refractivity contribution >= 4 is 11.1 Å². The van der Waals surface area contributed by atoms with Gasteiger partial charge < -0.3 is 28.4 Å². The van der Waals surface area contributed by atoms with Crippen LogP contribution in [0.15, 0.2) is 41.1 Å². The van der Waals surface area contributed by atoms with Crippen molar-refractivity contribution in [2.45, 2.75) is 33.7 Å². The molecule has 2 heterocycles. The molecule has 21 heavy (non-hydrogen) atoms. The summed E-state index contributed by atoms with van der Waals surface area (Å²) < 4.78 is 8.07. The minimum absolute atomic E-state index is 0. The Morgan fingerprint density at radius 2 is 1.95 bits per heavy atom. The van der Waals surface area contributed by atoms with Gasteiger partial charge in [-0.15, -0.1) is 0 Å². The Hall–Kier alpha value is -1.43. The van der Waals surface area contributed by atoms with Crippen LogP contribution in [0, 0.1) is 13.8 Å². The lowest BCUT2D eigenvalue weighted by Gasteiger charge is -1.96. The number of oxazole rings is 1. The summed E-state index contributed by atoms with van der Waals surface area (Å²) in [5.74, 6) is 0.690. The molecule has 110 valence electrons. The molecule has 1 aromatic carbocycles. The van der Waals surface area contributed by atoms with Crippen LogP contribution in [0.3, 0.4) is 0 Å². The van der Waals surface area contributed by atoms with E-state index in [1.54, 1.807) is 0 Å². The van der Waals surface area contributed by atoms with E-state index >= 15 is 0 Å². The first-order valence-corrected chi connectivity index (χ1v) is 7.04. The Kier molecular flexibility index (Phi) is 4.98. The van der Waals surface area contributed by atoms with E-state index in [2.05, 4.69) is 54.8 Å². The predicted octanol–water partition coefficient (Wildman–Crippen LogP) is 0.813. The summed E-state index contributed by atoms with van der Waals surface area (Å²) in [6, 6.07) is 8.22. The molecule has 0 aliphatic carbocycles. The molecule has 0 saturated heterocycles.